The lowest BCUT2D eigenvalue weighted by Crippen LogP contribution is -2.15. The minimum Gasteiger partial charge on any atom is -0.311 e. The first kappa shape index (κ1) is 19.2. The molecule has 0 fully saturated rings. The second-order valence-electron chi connectivity index (χ2n) is 5.48. The van der Waals surface area contributed by atoms with Crippen molar-refractivity contribution in [1.29, 1.82) is 0 Å². The van der Waals surface area contributed by atoms with Gasteiger partial charge in [-0.2, -0.15) is 0 Å². The SMILES string of the molecule is Cc1cc(Cl)ccc1S(=O)(=O)Nc1cc(Br)ccc1Sc1nncn1C. The molecular weight excluding hydrogens is 460 g/mol. The highest BCUT2D eigenvalue weighted by Gasteiger charge is 2.20. The lowest BCUT2D eigenvalue weighted by atomic mass is 10.2. The van der Waals surface area contributed by atoms with E-state index in [1.165, 1.54) is 17.8 Å². The maximum Gasteiger partial charge on any atom is 0.262 e. The van der Waals surface area contributed by atoms with E-state index in [4.69, 9.17) is 11.6 Å². The lowest BCUT2D eigenvalue weighted by Gasteiger charge is -2.14. The molecule has 26 heavy (non-hydrogen) atoms. The van der Waals surface area contributed by atoms with E-state index >= 15 is 0 Å². The highest BCUT2D eigenvalue weighted by Crippen LogP contribution is 2.35. The van der Waals surface area contributed by atoms with Crippen molar-refractivity contribution < 1.29 is 8.42 Å². The van der Waals surface area contributed by atoms with Gasteiger partial charge >= 0.3 is 0 Å². The molecule has 6 nitrogen and oxygen atoms in total. The van der Waals surface area contributed by atoms with Gasteiger partial charge in [-0.25, -0.2) is 8.42 Å². The average Bonchev–Trinajstić information content (AvgIpc) is 2.94. The van der Waals surface area contributed by atoms with Crippen LogP contribution in [0.4, 0.5) is 5.69 Å². The number of rotatable bonds is 5. The Balaban J connectivity index is 1.98. The Bertz CT molecular complexity index is 1070. The highest BCUT2D eigenvalue weighted by molar-refractivity contribution is 9.10. The number of halogens is 2. The topological polar surface area (TPSA) is 76.9 Å². The van der Waals surface area contributed by atoms with Gasteiger partial charge in [-0.3, -0.25) is 4.72 Å². The van der Waals surface area contributed by atoms with E-state index in [2.05, 4.69) is 30.8 Å². The van der Waals surface area contributed by atoms with Crippen LogP contribution in [0.1, 0.15) is 5.56 Å². The number of sulfonamides is 1. The third-order valence-corrected chi connectivity index (χ3v) is 6.87. The van der Waals surface area contributed by atoms with Crippen LogP contribution in [-0.4, -0.2) is 23.2 Å². The Morgan fingerprint density at radius 2 is 2.00 bits per heavy atom. The largest absolute Gasteiger partial charge is 0.311 e. The zero-order valence-corrected chi connectivity index (χ0v) is 17.7. The molecule has 0 saturated carbocycles. The second kappa shape index (κ2) is 7.59. The minimum atomic E-state index is -3.77. The molecule has 1 aromatic heterocycles. The van der Waals surface area contributed by atoms with Gasteiger partial charge in [0.15, 0.2) is 5.16 Å². The number of aromatic nitrogens is 3. The summed E-state index contributed by atoms with van der Waals surface area (Å²) in [5.41, 5.74) is 1.02. The Morgan fingerprint density at radius 1 is 1.23 bits per heavy atom. The Kier molecular flexibility index (Phi) is 5.61. The van der Waals surface area contributed by atoms with Crippen molar-refractivity contribution in [2.45, 2.75) is 21.9 Å². The fourth-order valence-electron chi connectivity index (χ4n) is 2.25. The summed E-state index contributed by atoms with van der Waals surface area (Å²) in [6.45, 7) is 1.70. The van der Waals surface area contributed by atoms with Crippen LogP contribution < -0.4 is 4.72 Å². The van der Waals surface area contributed by atoms with Crippen molar-refractivity contribution in [3.8, 4) is 0 Å². The zero-order valence-electron chi connectivity index (χ0n) is 13.8. The van der Waals surface area contributed by atoms with E-state index in [0.717, 1.165) is 4.47 Å². The van der Waals surface area contributed by atoms with Crippen LogP contribution in [0.15, 0.2) is 62.1 Å². The van der Waals surface area contributed by atoms with E-state index in [1.54, 1.807) is 36.0 Å². The average molecular weight is 474 g/mol. The number of benzene rings is 2. The standard InChI is InChI=1S/C16H14BrClN4O2S2/c1-10-7-12(18)4-6-15(10)26(23,24)21-13-8-11(17)3-5-14(13)25-16-20-19-9-22(16)2/h3-9,21H,1-2H3. The van der Waals surface area contributed by atoms with Gasteiger partial charge in [-0.15, -0.1) is 10.2 Å². The van der Waals surface area contributed by atoms with Crippen molar-refractivity contribution >= 4 is 55.0 Å². The molecule has 2 aromatic carbocycles. The van der Waals surface area contributed by atoms with Crippen molar-refractivity contribution in [2.24, 2.45) is 7.05 Å². The first-order chi connectivity index (χ1) is 12.3. The van der Waals surface area contributed by atoms with Gasteiger partial charge in [0, 0.05) is 21.4 Å². The van der Waals surface area contributed by atoms with E-state index in [-0.39, 0.29) is 4.90 Å². The van der Waals surface area contributed by atoms with Crippen molar-refractivity contribution in [3.05, 3.63) is 57.8 Å². The van der Waals surface area contributed by atoms with Crippen molar-refractivity contribution in [3.63, 3.8) is 0 Å². The van der Waals surface area contributed by atoms with E-state index in [9.17, 15) is 8.42 Å². The van der Waals surface area contributed by atoms with Gasteiger partial charge < -0.3 is 4.57 Å². The molecular formula is C16H14BrClN4O2S2. The molecule has 1 heterocycles. The zero-order chi connectivity index (χ0) is 18.9. The number of hydrogen-bond acceptors (Lipinski definition) is 5. The molecule has 0 bridgehead atoms. The molecule has 0 atom stereocenters. The second-order valence-corrected chi connectivity index (χ2v) is 9.49. The summed E-state index contributed by atoms with van der Waals surface area (Å²) in [4.78, 5) is 0.885. The maximum absolute atomic E-state index is 12.9. The predicted octanol–water partition coefficient (Wildman–Crippen LogP) is 4.49. The van der Waals surface area contributed by atoms with Gasteiger partial charge in [0.1, 0.15) is 6.33 Å². The third-order valence-electron chi connectivity index (χ3n) is 3.48. The molecule has 136 valence electrons. The quantitative estimate of drug-likeness (QED) is 0.591. The van der Waals surface area contributed by atoms with E-state index in [0.29, 0.717) is 26.3 Å². The Labute approximate surface area is 169 Å². The van der Waals surface area contributed by atoms with Gasteiger partial charge in [-0.1, -0.05) is 27.5 Å². The van der Waals surface area contributed by atoms with Crippen LogP contribution in [0, 0.1) is 6.92 Å². The summed E-state index contributed by atoms with van der Waals surface area (Å²) in [5, 5.41) is 9.00. The molecule has 0 aliphatic heterocycles. The number of nitrogens with zero attached hydrogens (tertiary/aromatic N) is 3. The molecule has 0 aliphatic carbocycles. The van der Waals surface area contributed by atoms with Crippen LogP contribution in [0.3, 0.4) is 0 Å². The highest BCUT2D eigenvalue weighted by atomic mass is 79.9. The van der Waals surface area contributed by atoms with Gasteiger partial charge in [0.2, 0.25) is 0 Å². The number of nitrogens with one attached hydrogen (secondary N) is 1. The third kappa shape index (κ3) is 4.22. The minimum absolute atomic E-state index is 0.177. The van der Waals surface area contributed by atoms with Crippen LogP contribution >= 0.6 is 39.3 Å². The van der Waals surface area contributed by atoms with Crippen LogP contribution in [0.25, 0.3) is 0 Å². The normalized spacial score (nSPS) is 11.5. The molecule has 10 heteroatoms. The summed E-state index contributed by atoms with van der Waals surface area (Å²) in [6, 6.07) is 10.0. The molecule has 0 spiro atoms. The number of aryl methyl sites for hydroxylation is 2. The monoisotopic (exact) mass is 472 g/mol. The van der Waals surface area contributed by atoms with Gasteiger partial charge in [0.25, 0.3) is 10.0 Å². The molecule has 1 N–H and O–H groups in total. The van der Waals surface area contributed by atoms with Gasteiger partial charge in [-0.05, 0) is 60.6 Å². The van der Waals surface area contributed by atoms with Crippen molar-refractivity contribution in [2.75, 3.05) is 4.72 Å². The van der Waals surface area contributed by atoms with Crippen LogP contribution in [0.5, 0.6) is 0 Å². The maximum atomic E-state index is 12.9. The first-order valence-corrected chi connectivity index (χ1v) is 10.8. The predicted molar refractivity (Wildman–Crippen MR) is 106 cm³/mol. The molecule has 0 aliphatic rings. The number of hydrogen-bond donors (Lipinski definition) is 1. The van der Waals surface area contributed by atoms with Gasteiger partial charge in [0.05, 0.1) is 10.6 Å². The Morgan fingerprint density at radius 3 is 2.65 bits per heavy atom. The first-order valence-electron chi connectivity index (χ1n) is 7.36. The van der Waals surface area contributed by atoms with Crippen molar-refractivity contribution in [1.82, 2.24) is 14.8 Å². The fraction of sp³-hybridized carbons (Fsp3) is 0.125. The molecule has 0 saturated heterocycles. The Hall–Kier alpha value is -1.55. The molecule has 0 radical (unpaired) electrons. The molecule has 3 rings (SSSR count). The summed E-state index contributed by atoms with van der Waals surface area (Å²) < 4.78 is 30.9. The summed E-state index contributed by atoms with van der Waals surface area (Å²) in [7, 11) is -1.95. The van der Waals surface area contributed by atoms with Crippen LogP contribution in [-0.2, 0) is 17.1 Å². The summed E-state index contributed by atoms with van der Waals surface area (Å²) in [5.74, 6) is 0. The fourth-order valence-corrected chi connectivity index (χ4v) is 5.03. The lowest BCUT2D eigenvalue weighted by molar-refractivity contribution is 0.600. The molecule has 0 unspecified atom stereocenters. The molecule has 0 amide bonds. The summed E-state index contributed by atoms with van der Waals surface area (Å²) in [6.07, 6.45) is 1.59. The van der Waals surface area contributed by atoms with E-state index in [1.807, 2.05) is 19.2 Å². The van der Waals surface area contributed by atoms with Crippen LogP contribution in [0.2, 0.25) is 5.02 Å². The van der Waals surface area contributed by atoms with E-state index < -0.39 is 10.0 Å². The number of anilines is 1. The molecule has 3 aromatic rings. The summed E-state index contributed by atoms with van der Waals surface area (Å²) >= 11 is 10.6. The smallest absolute Gasteiger partial charge is 0.262 e.